The van der Waals surface area contributed by atoms with Gasteiger partial charge in [0.2, 0.25) is 0 Å². The van der Waals surface area contributed by atoms with Crippen LogP contribution in [0.1, 0.15) is 46.0 Å². The van der Waals surface area contributed by atoms with Crippen LogP contribution in [0.25, 0.3) is 0 Å². The number of hydrogen-bond donors (Lipinski definition) is 3. The molecule has 0 aliphatic heterocycles. The van der Waals surface area contributed by atoms with Gasteiger partial charge in [-0.15, -0.1) is 0 Å². The van der Waals surface area contributed by atoms with E-state index in [9.17, 15) is 9.59 Å². The molecule has 0 saturated heterocycles. The highest BCUT2D eigenvalue weighted by Gasteiger charge is 2.22. The van der Waals surface area contributed by atoms with Gasteiger partial charge in [0.25, 0.3) is 5.56 Å². The second-order valence-electron chi connectivity index (χ2n) is 6.07. The van der Waals surface area contributed by atoms with Crippen LogP contribution in [0.3, 0.4) is 0 Å². The van der Waals surface area contributed by atoms with E-state index in [4.69, 9.17) is 5.73 Å². The van der Waals surface area contributed by atoms with E-state index >= 15 is 0 Å². The molecule has 21 heavy (non-hydrogen) atoms. The first kappa shape index (κ1) is 15.7. The van der Waals surface area contributed by atoms with Crippen molar-refractivity contribution in [2.45, 2.75) is 52.5 Å². The zero-order valence-corrected chi connectivity index (χ0v) is 12.9. The molecule has 118 valence electrons. The van der Waals surface area contributed by atoms with Crippen LogP contribution in [-0.2, 0) is 6.54 Å². The van der Waals surface area contributed by atoms with Crippen molar-refractivity contribution in [2.24, 2.45) is 11.8 Å². The predicted molar refractivity (Wildman–Crippen MR) is 85.6 cm³/mol. The van der Waals surface area contributed by atoms with Gasteiger partial charge in [-0.2, -0.15) is 0 Å². The molecule has 2 rings (SSSR count). The van der Waals surface area contributed by atoms with Gasteiger partial charge in [0.05, 0.1) is 0 Å². The van der Waals surface area contributed by atoms with Crippen molar-refractivity contribution in [1.82, 2.24) is 9.55 Å². The third kappa shape index (κ3) is 3.49. The summed E-state index contributed by atoms with van der Waals surface area (Å²) < 4.78 is 1.42. The molecule has 1 aliphatic rings. The van der Waals surface area contributed by atoms with Crippen molar-refractivity contribution in [3.05, 3.63) is 20.8 Å². The standard InChI is InChI=1S/C15H26N4O2/c1-3-8-19-13(16)12(14(20)18-15(19)21)17-9-11-7-5-4-6-10(11)2/h10-11,17H,3-9,16H2,1-2H3,(H,18,20,21). The van der Waals surface area contributed by atoms with Crippen LogP contribution >= 0.6 is 0 Å². The summed E-state index contributed by atoms with van der Waals surface area (Å²) in [4.78, 5) is 26.1. The maximum absolute atomic E-state index is 12.0. The highest BCUT2D eigenvalue weighted by Crippen LogP contribution is 2.29. The van der Waals surface area contributed by atoms with Gasteiger partial charge in [-0.05, 0) is 24.7 Å². The number of aromatic amines is 1. The highest BCUT2D eigenvalue weighted by molar-refractivity contribution is 5.60. The Morgan fingerprint density at radius 3 is 2.71 bits per heavy atom. The number of H-pyrrole nitrogens is 1. The van der Waals surface area contributed by atoms with Gasteiger partial charge in [0.15, 0.2) is 0 Å². The molecule has 0 amide bonds. The molecule has 2 unspecified atom stereocenters. The second-order valence-corrected chi connectivity index (χ2v) is 6.07. The number of nitrogens with zero attached hydrogens (tertiary/aromatic N) is 1. The number of aromatic nitrogens is 2. The van der Waals surface area contributed by atoms with E-state index < -0.39 is 11.2 Å². The van der Waals surface area contributed by atoms with Crippen LogP contribution in [0.5, 0.6) is 0 Å². The van der Waals surface area contributed by atoms with Gasteiger partial charge in [-0.3, -0.25) is 14.3 Å². The first-order valence-electron chi connectivity index (χ1n) is 7.91. The summed E-state index contributed by atoms with van der Waals surface area (Å²) >= 11 is 0. The molecule has 6 nitrogen and oxygen atoms in total. The Hall–Kier alpha value is -1.72. The molecule has 0 spiro atoms. The summed E-state index contributed by atoms with van der Waals surface area (Å²) in [6.07, 6.45) is 5.75. The molecule has 2 atom stereocenters. The largest absolute Gasteiger partial charge is 0.383 e. The normalized spacial score (nSPS) is 22.2. The Kier molecular flexibility index (Phi) is 5.09. The fraction of sp³-hybridized carbons (Fsp3) is 0.733. The summed E-state index contributed by atoms with van der Waals surface area (Å²) in [7, 11) is 0. The molecule has 6 heteroatoms. The van der Waals surface area contributed by atoms with Crippen LogP contribution in [0.15, 0.2) is 9.59 Å². The van der Waals surface area contributed by atoms with E-state index in [1.165, 1.54) is 30.3 Å². The topological polar surface area (TPSA) is 92.9 Å². The van der Waals surface area contributed by atoms with Crippen LogP contribution < -0.4 is 22.3 Å². The van der Waals surface area contributed by atoms with Crippen molar-refractivity contribution in [2.75, 3.05) is 17.6 Å². The van der Waals surface area contributed by atoms with E-state index in [0.29, 0.717) is 24.1 Å². The Bertz CT molecular complexity index is 590. The van der Waals surface area contributed by atoms with Crippen LogP contribution in [0.4, 0.5) is 11.5 Å². The van der Waals surface area contributed by atoms with Crippen molar-refractivity contribution >= 4 is 11.5 Å². The first-order valence-corrected chi connectivity index (χ1v) is 7.91. The molecular weight excluding hydrogens is 268 g/mol. The minimum Gasteiger partial charge on any atom is -0.383 e. The molecule has 0 radical (unpaired) electrons. The van der Waals surface area contributed by atoms with Crippen LogP contribution in [-0.4, -0.2) is 16.1 Å². The minimum atomic E-state index is -0.434. The van der Waals surface area contributed by atoms with Gasteiger partial charge >= 0.3 is 5.69 Å². The Morgan fingerprint density at radius 2 is 2.05 bits per heavy atom. The Balaban J connectivity index is 2.17. The number of nitrogen functional groups attached to an aromatic ring is 1. The summed E-state index contributed by atoms with van der Waals surface area (Å²) in [6.45, 7) is 5.47. The number of hydrogen-bond acceptors (Lipinski definition) is 4. The van der Waals surface area contributed by atoms with Gasteiger partial charge in [-0.1, -0.05) is 33.1 Å². The highest BCUT2D eigenvalue weighted by atomic mass is 16.2. The van der Waals surface area contributed by atoms with E-state index in [0.717, 1.165) is 13.0 Å². The lowest BCUT2D eigenvalue weighted by Crippen LogP contribution is -2.35. The minimum absolute atomic E-state index is 0.245. The van der Waals surface area contributed by atoms with Crippen molar-refractivity contribution in [3.63, 3.8) is 0 Å². The van der Waals surface area contributed by atoms with E-state index in [1.807, 2.05) is 6.92 Å². The molecule has 4 N–H and O–H groups in total. The Labute approximate surface area is 124 Å². The predicted octanol–water partition coefficient (Wildman–Crippen LogP) is 1.77. The van der Waals surface area contributed by atoms with Gasteiger partial charge in [-0.25, -0.2) is 4.79 Å². The van der Waals surface area contributed by atoms with Crippen molar-refractivity contribution in [3.8, 4) is 0 Å². The Morgan fingerprint density at radius 1 is 1.33 bits per heavy atom. The fourth-order valence-electron chi connectivity index (χ4n) is 3.13. The lowest BCUT2D eigenvalue weighted by Gasteiger charge is -2.29. The summed E-state index contributed by atoms with van der Waals surface area (Å²) in [5, 5.41) is 3.18. The SMILES string of the molecule is CCCn1c(N)c(NCC2CCCCC2C)c(=O)[nH]c1=O. The number of anilines is 2. The van der Waals surface area contributed by atoms with E-state index in [-0.39, 0.29) is 5.82 Å². The van der Waals surface area contributed by atoms with Crippen molar-refractivity contribution in [1.29, 1.82) is 0 Å². The number of nitrogens with two attached hydrogens (primary N) is 1. The van der Waals surface area contributed by atoms with E-state index in [2.05, 4.69) is 17.2 Å². The third-order valence-electron chi connectivity index (χ3n) is 4.52. The van der Waals surface area contributed by atoms with Crippen LogP contribution in [0, 0.1) is 11.8 Å². The smallest absolute Gasteiger partial charge is 0.330 e. The quantitative estimate of drug-likeness (QED) is 0.771. The molecule has 1 saturated carbocycles. The van der Waals surface area contributed by atoms with Crippen LogP contribution in [0.2, 0.25) is 0 Å². The summed E-state index contributed by atoms with van der Waals surface area (Å²) in [5.41, 5.74) is 5.48. The summed E-state index contributed by atoms with van der Waals surface area (Å²) in [5.74, 6) is 1.46. The average Bonchev–Trinajstić information content (AvgIpc) is 2.45. The molecular formula is C15H26N4O2. The van der Waals surface area contributed by atoms with Gasteiger partial charge in [0.1, 0.15) is 11.5 Å². The second kappa shape index (κ2) is 6.83. The maximum atomic E-state index is 12.0. The number of nitrogens with one attached hydrogen (secondary N) is 2. The number of rotatable bonds is 5. The molecule has 1 aliphatic carbocycles. The molecule has 1 heterocycles. The molecule has 0 bridgehead atoms. The first-order chi connectivity index (χ1) is 10.0. The summed E-state index contributed by atoms with van der Waals surface area (Å²) in [6, 6.07) is 0. The van der Waals surface area contributed by atoms with Gasteiger partial charge < -0.3 is 11.1 Å². The molecule has 0 aromatic carbocycles. The zero-order valence-electron chi connectivity index (χ0n) is 12.9. The van der Waals surface area contributed by atoms with Crippen molar-refractivity contribution < 1.29 is 0 Å². The lowest BCUT2D eigenvalue weighted by atomic mass is 9.80. The lowest BCUT2D eigenvalue weighted by molar-refractivity contribution is 0.268. The monoisotopic (exact) mass is 294 g/mol. The maximum Gasteiger partial charge on any atom is 0.330 e. The molecule has 1 aromatic rings. The van der Waals surface area contributed by atoms with Gasteiger partial charge in [0, 0.05) is 13.1 Å². The fourth-order valence-corrected chi connectivity index (χ4v) is 3.13. The van der Waals surface area contributed by atoms with E-state index in [1.54, 1.807) is 0 Å². The third-order valence-corrected chi connectivity index (χ3v) is 4.52. The molecule has 1 aromatic heterocycles. The average molecular weight is 294 g/mol. The molecule has 1 fully saturated rings. The zero-order chi connectivity index (χ0) is 15.4.